The molecular weight excluding hydrogens is 250 g/mol. The van der Waals surface area contributed by atoms with Crippen LogP contribution in [0.15, 0.2) is 11.8 Å². The van der Waals surface area contributed by atoms with Gasteiger partial charge in [-0.3, -0.25) is 0 Å². The molecule has 1 N–H and O–H groups in total. The third kappa shape index (κ3) is 3.56. The minimum atomic E-state index is -0.0629. The molecule has 1 saturated carbocycles. The van der Waals surface area contributed by atoms with Crippen molar-refractivity contribution in [1.82, 2.24) is 5.32 Å². The third-order valence-corrected chi connectivity index (χ3v) is 4.69. The summed E-state index contributed by atoms with van der Waals surface area (Å²) in [4.78, 5) is 0. The standard InChI is InChI=1S/C17H31NO2/c1-4-12-18-16(15-7-6-13-19-15)17(20-5-2)10-8-14(3)9-11-17/h7,14,16,18H,4-6,8-13H2,1-3H3. The van der Waals surface area contributed by atoms with Crippen LogP contribution in [0.5, 0.6) is 0 Å². The summed E-state index contributed by atoms with van der Waals surface area (Å²) in [6.07, 6.45) is 9.25. The second-order valence-electron chi connectivity index (χ2n) is 6.31. The molecule has 116 valence electrons. The molecule has 0 aromatic carbocycles. The molecule has 0 radical (unpaired) electrons. The fraction of sp³-hybridized carbons (Fsp3) is 0.882. The van der Waals surface area contributed by atoms with Gasteiger partial charge in [0, 0.05) is 13.0 Å². The molecule has 2 aliphatic rings. The zero-order chi connectivity index (χ0) is 14.4. The average Bonchev–Trinajstić information content (AvgIpc) is 2.97. The van der Waals surface area contributed by atoms with Crippen LogP contribution in [0, 0.1) is 5.92 Å². The Labute approximate surface area is 124 Å². The highest BCUT2D eigenvalue weighted by Crippen LogP contribution is 2.40. The molecule has 1 atom stereocenters. The lowest BCUT2D eigenvalue weighted by molar-refractivity contribution is -0.0963. The molecule has 0 amide bonds. The molecule has 1 aliphatic carbocycles. The van der Waals surface area contributed by atoms with Gasteiger partial charge in [-0.25, -0.2) is 0 Å². The second kappa shape index (κ2) is 7.46. The lowest BCUT2D eigenvalue weighted by Crippen LogP contribution is -2.55. The molecule has 1 aliphatic heterocycles. The number of hydrogen-bond donors (Lipinski definition) is 1. The first kappa shape index (κ1) is 15.8. The van der Waals surface area contributed by atoms with Crippen LogP contribution < -0.4 is 5.32 Å². The van der Waals surface area contributed by atoms with Crippen molar-refractivity contribution in [3.05, 3.63) is 11.8 Å². The Bertz CT molecular complexity index is 319. The molecule has 1 unspecified atom stereocenters. The summed E-state index contributed by atoms with van der Waals surface area (Å²) in [5.41, 5.74) is -0.0629. The van der Waals surface area contributed by atoms with Gasteiger partial charge in [0.1, 0.15) is 5.76 Å². The minimum Gasteiger partial charge on any atom is -0.496 e. The van der Waals surface area contributed by atoms with Gasteiger partial charge in [-0.05, 0) is 57.6 Å². The van der Waals surface area contributed by atoms with Crippen LogP contribution in [-0.4, -0.2) is 31.4 Å². The summed E-state index contributed by atoms with van der Waals surface area (Å²) in [5, 5.41) is 3.70. The van der Waals surface area contributed by atoms with E-state index in [1.807, 2.05) is 0 Å². The first-order valence-electron chi connectivity index (χ1n) is 8.42. The summed E-state index contributed by atoms with van der Waals surface area (Å²) in [5.74, 6) is 1.95. The molecule has 3 nitrogen and oxygen atoms in total. The Kier molecular flexibility index (Phi) is 5.91. The first-order chi connectivity index (χ1) is 9.72. The number of nitrogens with one attached hydrogen (secondary N) is 1. The number of ether oxygens (including phenoxy) is 2. The van der Waals surface area contributed by atoms with E-state index >= 15 is 0 Å². The van der Waals surface area contributed by atoms with Crippen LogP contribution >= 0.6 is 0 Å². The molecule has 0 spiro atoms. The molecule has 0 saturated heterocycles. The second-order valence-corrected chi connectivity index (χ2v) is 6.31. The predicted octanol–water partition coefficient (Wildman–Crippen LogP) is 3.64. The van der Waals surface area contributed by atoms with Gasteiger partial charge < -0.3 is 14.8 Å². The third-order valence-electron chi connectivity index (χ3n) is 4.69. The molecule has 1 fully saturated rings. The zero-order valence-corrected chi connectivity index (χ0v) is 13.4. The van der Waals surface area contributed by atoms with Crippen LogP contribution in [0.2, 0.25) is 0 Å². The van der Waals surface area contributed by atoms with E-state index in [1.54, 1.807) is 0 Å². The highest BCUT2D eigenvalue weighted by atomic mass is 16.5. The SMILES string of the molecule is CCCNC(C1=CCCO1)C1(OCC)CCC(C)CC1. The van der Waals surface area contributed by atoms with Gasteiger partial charge in [-0.2, -0.15) is 0 Å². The molecule has 20 heavy (non-hydrogen) atoms. The van der Waals surface area contributed by atoms with Gasteiger partial charge in [0.15, 0.2) is 0 Å². The average molecular weight is 281 g/mol. The topological polar surface area (TPSA) is 30.5 Å². The summed E-state index contributed by atoms with van der Waals surface area (Å²) in [6, 6.07) is 0.234. The van der Waals surface area contributed by atoms with Crippen LogP contribution in [-0.2, 0) is 9.47 Å². The van der Waals surface area contributed by atoms with Crippen LogP contribution in [0.1, 0.15) is 59.3 Å². The summed E-state index contributed by atoms with van der Waals surface area (Å²) >= 11 is 0. The maximum Gasteiger partial charge on any atom is 0.112 e. The van der Waals surface area contributed by atoms with E-state index in [4.69, 9.17) is 9.47 Å². The lowest BCUT2D eigenvalue weighted by Gasteiger charge is -2.45. The van der Waals surface area contributed by atoms with Crippen molar-refractivity contribution in [2.24, 2.45) is 5.92 Å². The van der Waals surface area contributed by atoms with Crippen molar-refractivity contribution < 1.29 is 9.47 Å². The van der Waals surface area contributed by atoms with Gasteiger partial charge in [-0.1, -0.05) is 13.8 Å². The fourth-order valence-corrected chi connectivity index (χ4v) is 3.53. The molecule has 0 bridgehead atoms. The van der Waals surface area contributed by atoms with E-state index < -0.39 is 0 Å². The summed E-state index contributed by atoms with van der Waals surface area (Å²) in [6.45, 7) is 9.32. The maximum atomic E-state index is 6.31. The van der Waals surface area contributed by atoms with Crippen molar-refractivity contribution >= 4 is 0 Å². The molecule has 2 rings (SSSR count). The van der Waals surface area contributed by atoms with Gasteiger partial charge in [0.25, 0.3) is 0 Å². The lowest BCUT2D eigenvalue weighted by atomic mass is 9.74. The predicted molar refractivity (Wildman–Crippen MR) is 82.7 cm³/mol. The van der Waals surface area contributed by atoms with Crippen molar-refractivity contribution in [1.29, 1.82) is 0 Å². The summed E-state index contributed by atoms with van der Waals surface area (Å²) < 4.78 is 12.2. The minimum absolute atomic E-state index is 0.0629. The highest BCUT2D eigenvalue weighted by molar-refractivity contribution is 5.16. The molecule has 3 heteroatoms. The number of hydrogen-bond acceptors (Lipinski definition) is 3. The van der Waals surface area contributed by atoms with Crippen molar-refractivity contribution in [2.75, 3.05) is 19.8 Å². The van der Waals surface area contributed by atoms with Gasteiger partial charge in [0.2, 0.25) is 0 Å². The number of rotatable bonds is 7. The Hall–Kier alpha value is -0.540. The Morgan fingerprint density at radius 3 is 2.70 bits per heavy atom. The van der Waals surface area contributed by atoms with Crippen molar-refractivity contribution in [3.8, 4) is 0 Å². The molecule has 0 aromatic heterocycles. The Balaban J connectivity index is 2.16. The van der Waals surface area contributed by atoms with Crippen molar-refractivity contribution in [3.63, 3.8) is 0 Å². The van der Waals surface area contributed by atoms with Gasteiger partial charge in [0.05, 0.1) is 18.2 Å². The fourth-order valence-electron chi connectivity index (χ4n) is 3.53. The molecule has 0 aromatic rings. The normalized spacial score (nSPS) is 31.8. The summed E-state index contributed by atoms with van der Waals surface area (Å²) in [7, 11) is 0. The molecule has 1 heterocycles. The quantitative estimate of drug-likeness (QED) is 0.773. The van der Waals surface area contributed by atoms with Crippen LogP contribution in [0.4, 0.5) is 0 Å². The largest absolute Gasteiger partial charge is 0.496 e. The first-order valence-corrected chi connectivity index (χ1v) is 8.42. The smallest absolute Gasteiger partial charge is 0.112 e. The van der Waals surface area contributed by atoms with Crippen molar-refractivity contribution in [2.45, 2.75) is 70.9 Å². The Morgan fingerprint density at radius 2 is 2.15 bits per heavy atom. The van der Waals surface area contributed by atoms with E-state index in [2.05, 4.69) is 32.2 Å². The Morgan fingerprint density at radius 1 is 1.40 bits per heavy atom. The van der Waals surface area contributed by atoms with E-state index in [0.717, 1.165) is 57.1 Å². The van der Waals surface area contributed by atoms with Crippen LogP contribution in [0.25, 0.3) is 0 Å². The van der Waals surface area contributed by atoms with E-state index in [1.165, 1.54) is 12.8 Å². The highest BCUT2D eigenvalue weighted by Gasteiger charge is 2.44. The van der Waals surface area contributed by atoms with Gasteiger partial charge in [-0.15, -0.1) is 0 Å². The van der Waals surface area contributed by atoms with E-state index in [0.29, 0.717) is 0 Å². The monoisotopic (exact) mass is 281 g/mol. The van der Waals surface area contributed by atoms with Crippen LogP contribution in [0.3, 0.4) is 0 Å². The van der Waals surface area contributed by atoms with E-state index in [9.17, 15) is 0 Å². The van der Waals surface area contributed by atoms with E-state index in [-0.39, 0.29) is 11.6 Å². The maximum absolute atomic E-state index is 6.31. The zero-order valence-electron chi connectivity index (χ0n) is 13.4. The van der Waals surface area contributed by atoms with Gasteiger partial charge >= 0.3 is 0 Å². The molecular formula is C17H31NO2.